The number of hydrogen-bond donors (Lipinski definition) is 0. The fourth-order valence-electron chi connectivity index (χ4n) is 1.06. The summed E-state index contributed by atoms with van der Waals surface area (Å²) in [6.07, 6.45) is 6.52. The number of nitro groups is 1. The van der Waals surface area contributed by atoms with Gasteiger partial charge in [0.2, 0.25) is 0 Å². The Labute approximate surface area is 87.3 Å². The molecule has 76 valence electrons. The molecule has 0 N–H and O–H groups in total. The van der Waals surface area contributed by atoms with Gasteiger partial charge in [0, 0.05) is 17.7 Å². The van der Waals surface area contributed by atoms with Crippen LogP contribution in [-0.4, -0.2) is 11.5 Å². The van der Waals surface area contributed by atoms with E-state index in [9.17, 15) is 10.1 Å². The highest BCUT2D eigenvalue weighted by molar-refractivity contribution is 5.59. The maximum absolute atomic E-state index is 10.5. The average Bonchev–Trinajstić information content (AvgIpc) is 2.25. The lowest BCUT2D eigenvalue weighted by Crippen LogP contribution is -1.96. The van der Waals surface area contributed by atoms with E-state index in [1.807, 2.05) is 0 Å². The number of ether oxygens (including phenoxy) is 1. The van der Waals surface area contributed by atoms with Crippen molar-refractivity contribution >= 4 is 11.8 Å². The topological polar surface area (TPSA) is 52.4 Å². The maximum Gasteiger partial charge on any atom is 0.270 e. The van der Waals surface area contributed by atoms with Crippen molar-refractivity contribution in [2.24, 2.45) is 0 Å². The fourth-order valence-corrected chi connectivity index (χ4v) is 1.06. The molecule has 0 saturated heterocycles. The molecule has 0 amide bonds. The van der Waals surface area contributed by atoms with Gasteiger partial charge >= 0.3 is 0 Å². The summed E-state index contributed by atoms with van der Waals surface area (Å²) in [5.74, 6) is 2.81. The molecule has 0 saturated carbocycles. The summed E-state index contributed by atoms with van der Waals surface area (Å²) in [6, 6.07) is 4.25. The molecule has 0 aromatic heterocycles. The van der Waals surface area contributed by atoms with Gasteiger partial charge in [0.05, 0.1) is 4.92 Å². The Hall–Kier alpha value is -2.28. The first kappa shape index (κ1) is 10.8. The van der Waals surface area contributed by atoms with Crippen LogP contribution in [0.4, 0.5) is 5.69 Å². The number of benzene rings is 1. The number of rotatable bonds is 4. The van der Waals surface area contributed by atoms with Crippen LogP contribution in [0, 0.1) is 22.5 Å². The van der Waals surface area contributed by atoms with Crippen molar-refractivity contribution < 1.29 is 9.66 Å². The zero-order chi connectivity index (χ0) is 11.3. The highest BCUT2D eigenvalue weighted by atomic mass is 16.6. The summed E-state index contributed by atoms with van der Waals surface area (Å²) < 4.78 is 5.18. The Morgan fingerprint density at radius 1 is 1.67 bits per heavy atom. The van der Waals surface area contributed by atoms with Crippen molar-refractivity contribution in [2.75, 3.05) is 6.61 Å². The van der Waals surface area contributed by atoms with Gasteiger partial charge in [0.1, 0.15) is 12.4 Å². The Balaban J connectivity index is 3.04. The summed E-state index contributed by atoms with van der Waals surface area (Å²) in [5.41, 5.74) is 0.553. The first-order valence-electron chi connectivity index (χ1n) is 4.16. The molecule has 1 aromatic rings. The van der Waals surface area contributed by atoms with Gasteiger partial charge in [0.15, 0.2) is 0 Å². The number of non-ortho nitro benzene ring substituents is 1. The first-order valence-corrected chi connectivity index (χ1v) is 4.16. The van der Waals surface area contributed by atoms with Crippen molar-refractivity contribution in [3.8, 4) is 18.1 Å². The van der Waals surface area contributed by atoms with E-state index in [1.54, 1.807) is 0 Å². The van der Waals surface area contributed by atoms with E-state index in [4.69, 9.17) is 11.2 Å². The van der Waals surface area contributed by atoms with E-state index < -0.39 is 4.92 Å². The lowest BCUT2D eigenvalue weighted by molar-refractivity contribution is -0.384. The molecule has 0 aliphatic carbocycles. The van der Waals surface area contributed by atoms with Crippen LogP contribution >= 0.6 is 0 Å². The first-order chi connectivity index (χ1) is 7.19. The van der Waals surface area contributed by atoms with Crippen LogP contribution in [0.3, 0.4) is 0 Å². The van der Waals surface area contributed by atoms with E-state index in [1.165, 1.54) is 24.3 Å². The van der Waals surface area contributed by atoms with Crippen LogP contribution in [0.15, 0.2) is 24.8 Å². The molecule has 0 aliphatic heterocycles. The molecule has 0 atom stereocenters. The Bertz CT molecular complexity index is 432. The monoisotopic (exact) mass is 203 g/mol. The molecular formula is C11H9NO3. The predicted molar refractivity (Wildman–Crippen MR) is 57.5 cm³/mol. The van der Waals surface area contributed by atoms with Crippen molar-refractivity contribution in [2.45, 2.75) is 0 Å². The molecule has 1 aromatic carbocycles. The van der Waals surface area contributed by atoms with Crippen LogP contribution in [0.25, 0.3) is 6.08 Å². The summed E-state index contributed by atoms with van der Waals surface area (Å²) in [7, 11) is 0. The second-order valence-corrected chi connectivity index (χ2v) is 2.68. The zero-order valence-corrected chi connectivity index (χ0v) is 7.97. The van der Waals surface area contributed by atoms with Gasteiger partial charge in [-0.15, -0.1) is 6.42 Å². The second kappa shape index (κ2) is 4.82. The predicted octanol–water partition coefficient (Wildman–Crippen LogP) is 2.25. The third-order valence-corrected chi connectivity index (χ3v) is 1.74. The standard InChI is InChI=1S/C11H9NO3/c1-3-7-15-11-6-5-10(12(13)14)8-9(11)4-2/h1,4-6,8H,2,7H2. The van der Waals surface area contributed by atoms with E-state index in [0.717, 1.165) is 0 Å². The second-order valence-electron chi connectivity index (χ2n) is 2.68. The molecule has 0 bridgehead atoms. The number of terminal acetylenes is 1. The number of nitro benzene ring substituents is 1. The zero-order valence-electron chi connectivity index (χ0n) is 7.97. The third-order valence-electron chi connectivity index (χ3n) is 1.74. The quantitative estimate of drug-likeness (QED) is 0.428. The fraction of sp³-hybridized carbons (Fsp3) is 0.0909. The Morgan fingerprint density at radius 2 is 2.40 bits per heavy atom. The highest BCUT2D eigenvalue weighted by Crippen LogP contribution is 2.24. The van der Waals surface area contributed by atoms with Crippen molar-refractivity contribution in [1.82, 2.24) is 0 Å². The van der Waals surface area contributed by atoms with E-state index in [-0.39, 0.29) is 12.3 Å². The molecule has 15 heavy (non-hydrogen) atoms. The van der Waals surface area contributed by atoms with Crippen LogP contribution in [0.2, 0.25) is 0 Å². The van der Waals surface area contributed by atoms with Gasteiger partial charge in [-0.3, -0.25) is 10.1 Å². The number of hydrogen-bond acceptors (Lipinski definition) is 3. The minimum absolute atomic E-state index is 0.00189. The van der Waals surface area contributed by atoms with Gasteiger partial charge < -0.3 is 4.74 Å². The van der Waals surface area contributed by atoms with Crippen LogP contribution in [0.1, 0.15) is 5.56 Å². The summed E-state index contributed by atoms with van der Waals surface area (Å²) >= 11 is 0. The third kappa shape index (κ3) is 2.58. The SMILES string of the molecule is C#CCOc1ccc([N+](=O)[O-])cc1C=C. The molecule has 0 fully saturated rings. The van der Waals surface area contributed by atoms with Gasteiger partial charge in [-0.2, -0.15) is 0 Å². The molecular weight excluding hydrogens is 194 g/mol. The molecule has 0 unspecified atom stereocenters. The summed E-state index contributed by atoms with van der Waals surface area (Å²) in [5, 5.41) is 10.5. The average molecular weight is 203 g/mol. The van der Waals surface area contributed by atoms with Gasteiger partial charge in [-0.05, 0) is 6.07 Å². The van der Waals surface area contributed by atoms with Crippen molar-refractivity contribution in [3.05, 3.63) is 40.5 Å². The highest BCUT2D eigenvalue weighted by Gasteiger charge is 2.09. The maximum atomic E-state index is 10.5. The smallest absolute Gasteiger partial charge is 0.270 e. The molecule has 1 rings (SSSR count). The van der Waals surface area contributed by atoms with Gasteiger partial charge in [-0.25, -0.2) is 0 Å². The minimum atomic E-state index is -0.474. The molecule has 0 heterocycles. The Kier molecular flexibility index (Phi) is 3.47. The molecule has 0 radical (unpaired) electrons. The lowest BCUT2D eigenvalue weighted by atomic mass is 10.2. The molecule has 4 heteroatoms. The van der Waals surface area contributed by atoms with E-state index in [2.05, 4.69) is 12.5 Å². The van der Waals surface area contributed by atoms with E-state index in [0.29, 0.717) is 11.3 Å². The minimum Gasteiger partial charge on any atom is -0.480 e. The van der Waals surface area contributed by atoms with Crippen LogP contribution < -0.4 is 4.74 Å². The van der Waals surface area contributed by atoms with Gasteiger partial charge in [0.25, 0.3) is 5.69 Å². The van der Waals surface area contributed by atoms with Crippen LogP contribution in [-0.2, 0) is 0 Å². The van der Waals surface area contributed by atoms with Crippen molar-refractivity contribution in [1.29, 1.82) is 0 Å². The number of nitrogens with zero attached hydrogens (tertiary/aromatic N) is 1. The van der Waals surface area contributed by atoms with Gasteiger partial charge in [-0.1, -0.05) is 18.6 Å². The lowest BCUT2D eigenvalue weighted by Gasteiger charge is -2.05. The Morgan fingerprint density at radius 3 is 2.93 bits per heavy atom. The molecule has 0 aliphatic rings. The normalized spacial score (nSPS) is 9.00. The molecule has 4 nitrogen and oxygen atoms in total. The van der Waals surface area contributed by atoms with Crippen molar-refractivity contribution in [3.63, 3.8) is 0 Å². The largest absolute Gasteiger partial charge is 0.480 e. The summed E-state index contributed by atoms with van der Waals surface area (Å²) in [6.45, 7) is 3.67. The van der Waals surface area contributed by atoms with E-state index >= 15 is 0 Å². The van der Waals surface area contributed by atoms with Crippen LogP contribution in [0.5, 0.6) is 5.75 Å². The summed E-state index contributed by atoms with van der Waals surface area (Å²) in [4.78, 5) is 10.0. The molecule has 0 spiro atoms.